The molecule has 1 aliphatic rings. The third-order valence-corrected chi connectivity index (χ3v) is 5.21. The molecule has 1 unspecified atom stereocenters. The molecule has 2 aromatic carbocycles. The van der Waals surface area contributed by atoms with Gasteiger partial charge >= 0.3 is 0 Å². The molecule has 0 bridgehead atoms. The molecule has 0 spiro atoms. The average Bonchev–Trinajstić information content (AvgIpc) is 3.18. The Morgan fingerprint density at radius 2 is 1.78 bits per heavy atom. The molecule has 0 saturated carbocycles. The van der Waals surface area contributed by atoms with Crippen molar-refractivity contribution in [3.8, 4) is 0 Å². The van der Waals surface area contributed by atoms with Gasteiger partial charge < -0.3 is 10.6 Å². The summed E-state index contributed by atoms with van der Waals surface area (Å²) in [6, 6.07) is 18.4. The van der Waals surface area contributed by atoms with Crippen molar-refractivity contribution in [2.45, 2.75) is 39.3 Å². The summed E-state index contributed by atoms with van der Waals surface area (Å²) in [4.78, 5) is 15.1. The number of benzene rings is 2. The maximum atomic E-state index is 12.7. The van der Waals surface area contributed by atoms with Gasteiger partial charge in [0.2, 0.25) is 0 Å². The second kappa shape index (κ2) is 9.56. The molecule has 1 heterocycles. The largest absolute Gasteiger partial charge is 0.380 e. The number of hydrogen-bond acceptors (Lipinski definition) is 3. The molecule has 1 amide bonds. The SMILES string of the molecule is CC(C)C(CNC(=O)c1cccc(CN2CCCC2)c1)Nc1ccccc1. The van der Waals surface area contributed by atoms with Crippen molar-refractivity contribution in [3.05, 3.63) is 65.7 Å². The van der Waals surface area contributed by atoms with Crippen molar-refractivity contribution in [1.82, 2.24) is 10.2 Å². The highest BCUT2D eigenvalue weighted by Gasteiger charge is 2.16. The van der Waals surface area contributed by atoms with Gasteiger partial charge in [0.25, 0.3) is 5.91 Å². The summed E-state index contributed by atoms with van der Waals surface area (Å²) in [6.45, 7) is 8.20. The Kier molecular flexibility index (Phi) is 6.88. The van der Waals surface area contributed by atoms with Crippen LogP contribution in [0.5, 0.6) is 0 Å². The monoisotopic (exact) mass is 365 g/mol. The average molecular weight is 366 g/mol. The fraction of sp³-hybridized carbons (Fsp3) is 0.435. The molecule has 1 fully saturated rings. The van der Waals surface area contributed by atoms with Gasteiger partial charge in [-0.25, -0.2) is 0 Å². The molecule has 2 aromatic rings. The van der Waals surface area contributed by atoms with E-state index in [0.29, 0.717) is 12.5 Å². The minimum Gasteiger partial charge on any atom is -0.380 e. The first-order chi connectivity index (χ1) is 13.1. The van der Waals surface area contributed by atoms with Gasteiger partial charge in [-0.1, -0.05) is 44.2 Å². The zero-order valence-corrected chi connectivity index (χ0v) is 16.4. The number of nitrogens with zero attached hydrogens (tertiary/aromatic N) is 1. The Balaban J connectivity index is 1.57. The number of anilines is 1. The van der Waals surface area contributed by atoms with Crippen molar-refractivity contribution in [2.75, 3.05) is 25.0 Å². The number of rotatable bonds is 8. The molecule has 4 heteroatoms. The molecule has 4 nitrogen and oxygen atoms in total. The Labute approximate surface area is 163 Å². The van der Waals surface area contributed by atoms with Crippen LogP contribution >= 0.6 is 0 Å². The maximum Gasteiger partial charge on any atom is 0.251 e. The van der Waals surface area contributed by atoms with E-state index in [0.717, 1.165) is 30.9 Å². The molecule has 0 radical (unpaired) electrons. The fourth-order valence-electron chi connectivity index (χ4n) is 3.52. The predicted molar refractivity (Wildman–Crippen MR) is 112 cm³/mol. The van der Waals surface area contributed by atoms with Gasteiger partial charge in [-0.05, 0) is 61.7 Å². The Hall–Kier alpha value is -2.33. The molecule has 1 aliphatic heterocycles. The third-order valence-electron chi connectivity index (χ3n) is 5.21. The summed E-state index contributed by atoms with van der Waals surface area (Å²) < 4.78 is 0. The first-order valence-electron chi connectivity index (χ1n) is 10.0. The normalized spacial score (nSPS) is 15.7. The molecule has 144 valence electrons. The number of carbonyl (C=O) groups excluding carboxylic acids is 1. The molecule has 1 saturated heterocycles. The highest BCUT2D eigenvalue weighted by molar-refractivity contribution is 5.94. The predicted octanol–water partition coefficient (Wildman–Crippen LogP) is 4.15. The van der Waals surface area contributed by atoms with Gasteiger partial charge in [0.1, 0.15) is 0 Å². The lowest BCUT2D eigenvalue weighted by Crippen LogP contribution is -2.39. The summed E-state index contributed by atoms with van der Waals surface area (Å²) in [5.41, 5.74) is 3.04. The van der Waals surface area contributed by atoms with Crippen LogP contribution in [0.15, 0.2) is 54.6 Å². The minimum absolute atomic E-state index is 0.00113. The fourth-order valence-corrected chi connectivity index (χ4v) is 3.52. The van der Waals surface area contributed by atoms with Crippen LogP contribution in [0.1, 0.15) is 42.6 Å². The van der Waals surface area contributed by atoms with E-state index in [4.69, 9.17) is 0 Å². The smallest absolute Gasteiger partial charge is 0.251 e. The summed E-state index contributed by atoms with van der Waals surface area (Å²) >= 11 is 0. The van der Waals surface area contributed by atoms with E-state index in [1.807, 2.05) is 36.4 Å². The zero-order valence-electron chi connectivity index (χ0n) is 16.4. The van der Waals surface area contributed by atoms with E-state index < -0.39 is 0 Å². The lowest BCUT2D eigenvalue weighted by atomic mass is 10.0. The number of nitrogens with one attached hydrogen (secondary N) is 2. The van der Waals surface area contributed by atoms with Crippen molar-refractivity contribution < 1.29 is 4.79 Å². The van der Waals surface area contributed by atoms with Gasteiger partial charge in [0, 0.05) is 30.4 Å². The summed E-state index contributed by atoms with van der Waals surface area (Å²) in [6.07, 6.45) is 2.57. The van der Waals surface area contributed by atoms with Crippen LogP contribution in [0.25, 0.3) is 0 Å². The lowest BCUT2D eigenvalue weighted by molar-refractivity contribution is 0.0950. The number of amides is 1. The maximum absolute atomic E-state index is 12.7. The van der Waals surface area contributed by atoms with Crippen molar-refractivity contribution in [1.29, 1.82) is 0 Å². The van der Waals surface area contributed by atoms with Gasteiger partial charge in [0.05, 0.1) is 0 Å². The summed E-state index contributed by atoms with van der Waals surface area (Å²) in [5, 5.41) is 6.63. The number of carbonyl (C=O) groups is 1. The molecule has 0 aromatic heterocycles. The highest BCUT2D eigenvalue weighted by Crippen LogP contribution is 2.15. The third kappa shape index (κ3) is 5.83. The zero-order chi connectivity index (χ0) is 19.1. The van der Waals surface area contributed by atoms with Crippen LogP contribution < -0.4 is 10.6 Å². The van der Waals surface area contributed by atoms with E-state index in [1.165, 1.54) is 18.4 Å². The van der Waals surface area contributed by atoms with Crippen LogP contribution in [0.3, 0.4) is 0 Å². The topological polar surface area (TPSA) is 44.4 Å². The Morgan fingerprint density at radius 1 is 1.04 bits per heavy atom. The van der Waals surface area contributed by atoms with Crippen LogP contribution in [-0.2, 0) is 6.54 Å². The first-order valence-corrected chi connectivity index (χ1v) is 10.0. The summed E-state index contributed by atoms with van der Waals surface area (Å²) in [5.74, 6) is 0.408. The standard InChI is InChI=1S/C23H31N3O/c1-18(2)22(25-21-11-4-3-5-12-21)16-24-23(27)20-10-8-9-19(15-20)17-26-13-6-7-14-26/h3-5,8-12,15,18,22,25H,6-7,13-14,16-17H2,1-2H3,(H,24,27). The summed E-state index contributed by atoms with van der Waals surface area (Å²) in [7, 11) is 0. The van der Waals surface area contributed by atoms with Crippen molar-refractivity contribution in [3.63, 3.8) is 0 Å². The van der Waals surface area contributed by atoms with E-state index in [2.05, 4.69) is 47.6 Å². The first kappa shape index (κ1) is 19.4. The van der Waals surface area contributed by atoms with E-state index in [-0.39, 0.29) is 11.9 Å². The minimum atomic E-state index is -0.00113. The van der Waals surface area contributed by atoms with Gasteiger partial charge in [0.15, 0.2) is 0 Å². The van der Waals surface area contributed by atoms with E-state index in [9.17, 15) is 4.79 Å². The molecule has 2 N–H and O–H groups in total. The molecular weight excluding hydrogens is 334 g/mol. The van der Waals surface area contributed by atoms with Crippen LogP contribution in [-0.4, -0.2) is 36.5 Å². The second-order valence-electron chi connectivity index (χ2n) is 7.75. The molecule has 0 aliphatic carbocycles. The van der Waals surface area contributed by atoms with Gasteiger partial charge in [-0.15, -0.1) is 0 Å². The number of para-hydroxylation sites is 1. The van der Waals surface area contributed by atoms with Crippen molar-refractivity contribution in [2.24, 2.45) is 5.92 Å². The number of likely N-dealkylation sites (tertiary alicyclic amines) is 1. The Morgan fingerprint density at radius 3 is 2.48 bits per heavy atom. The molecule has 1 atom stereocenters. The van der Waals surface area contributed by atoms with Crippen LogP contribution in [0.4, 0.5) is 5.69 Å². The second-order valence-corrected chi connectivity index (χ2v) is 7.75. The van der Waals surface area contributed by atoms with Gasteiger partial charge in [-0.3, -0.25) is 9.69 Å². The van der Waals surface area contributed by atoms with E-state index in [1.54, 1.807) is 0 Å². The highest BCUT2D eigenvalue weighted by atomic mass is 16.1. The lowest BCUT2D eigenvalue weighted by Gasteiger charge is -2.24. The quantitative estimate of drug-likeness (QED) is 0.739. The molecule has 27 heavy (non-hydrogen) atoms. The number of hydrogen-bond donors (Lipinski definition) is 2. The van der Waals surface area contributed by atoms with Gasteiger partial charge in [-0.2, -0.15) is 0 Å². The molecule has 3 rings (SSSR count). The van der Waals surface area contributed by atoms with E-state index >= 15 is 0 Å². The van der Waals surface area contributed by atoms with Crippen LogP contribution in [0, 0.1) is 5.92 Å². The molecular formula is C23H31N3O. The Bertz CT molecular complexity index is 723. The van der Waals surface area contributed by atoms with Crippen molar-refractivity contribution >= 4 is 11.6 Å². The van der Waals surface area contributed by atoms with Crippen LogP contribution in [0.2, 0.25) is 0 Å².